The molecule has 0 saturated carbocycles. The average Bonchev–Trinajstić information content (AvgIpc) is 2.09. The predicted molar refractivity (Wildman–Crippen MR) is 68.3 cm³/mol. The van der Waals surface area contributed by atoms with Crippen LogP contribution in [0.4, 0.5) is 0 Å². The number of nitrogens with one attached hydrogen (secondary N) is 1. The van der Waals surface area contributed by atoms with Crippen molar-refractivity contribution in [2.75, 3.05) is 12.8 Å². The topological polar surface area (TPSA) is 46.2 Å². The van der Waals surface area contributed by atoms with Crippen molar-refractivity contribution in [3.8, 4) is 0 Å². The van der Waals surface area contributed by atoms with Crippen molar-refractivity contribution in [3.05, 3.63) is 39.9 Å². The zero-order valence-corrected chi connectivity index (χ0v) is 10.9. The summed E-state index contributed by atoms with van der Waals surface area (Å²) < 4.78 is 23.9. The van der Waals surface area contributed by atoms with Gasteiger partial charge in [0, 0.05) is 16.6 Å². The van der Waals surface area contributed by atoms with Gasteiger partial charge in [0.2, 0.25) is 10.0 Å². The van der Waals surface area contributed by atoms with Crippen LogP contribution in [0.25, 0.3) is 6.08 Å². The zero-order chi connectivity index (χ0) is 12.2. The number of rotatable bonds is 4. The van der Waals surface area contributed by atoms with Crippen LogP contribution in [0, 0.1) is 0 Å². The Morgan fingerprint density at radius 1 is 1.25 bits per heavy atom. The summed E-state index contributed by atoms with van der Waals surface area (Å²) in [5.41, 5.74) is 0.827. The van der Waals surface area contributed by atoms with Crippen LogP contribution < -0.4 is 4.72 Å². The molecule has 0 heterocycles. The predicted octanol–water partition coefficient (Wildman–Crippen LogP) is 2.56. The third kappa shape index (κ3) is 5.51. The van der Waals surface area contributed by atoms with Gasteiger partial charge in [0.25, 0.3) is 0 Å². The van der Waals surface area contributed by atoms with Crippen molar-refractivity contribution in [1.82, 2.24) is 4.72 Å². The molecule has 0 aliphatic carbocycles. The van der Waals surface area contributed by atoms with Gasteiger partial charge in [-0.25, -0.2) is 13.1 Å². The number of hydrogen-bond acceptors (Lipinski definition) is 2. The van der Waals surface area contributed by atoms with Crippen LogP contribution in [0.15, 0.2) is 24.3 Å². The maximum atomic E-state index is 10.8. The fourth-order valence-electron chi connectivity index (χ4n) is 1.07. The molecule has 88 valence electrons. The van der Waals surface area contributed by atoms with Gasteiger partial charge >= 0.3 is 0 Å². The second-order valence-electron chi connectivity index (χ2n) is 3.23. The van der Waals surface area contributed by atoms with Crippen LogP contribution in [0.2, 0.25) is 10.0 Å². The van der Waals surface area contributed by atoms with Gasteiger partial charge < -0.3 is 0 Å². The lowest BCUT2D eigenvalue weighted by atomic mass is 10.2. The van der Waals surface area contributed by atoms with Gasteiger partial charge in [0.1, 0.15) is 0 Å². The van der Waals surface area contributed by atoms with E-state index < -0.39 is 10.0 Å². The fraction of sp³-hybridized carbons (Fsp3) is 0.200. The Morgan fingerprint density at radius 2 is 1.81 bits per heavy atom. The molecular weight excluding hydrogens is 269 g/mol. The smallest absolute Gasteiger partial charge is 0.208 e. The third-order valence-electron chi connectivity index (χ3n) is 1.66. The minimum Gasteiger partial charge on any atom is -0.213 e. The van der Waals surface area contributed by atoms with Crippen molar-refractivity contribution in [1.29, 1.82) is 0 Å². The van der Waals surface area contributed by atoms with E-state index in [-0.39, 0.29) is 6.54 Å². The number of hydrogen-bond donors (Lipinski definition) is 1. The molecule has 0 radical (unpaired) electrons. The Balaban J connectivity index is 2.63. The molecule has 3 nitrogen and oxygen atoms in total. The molecule has 0 unspecified atom stereocenters. The minimum absolute atomic E-state index is 0.239. The van der Waals surface area contributed by atoms with Gasteiger partial charge in [0.15, 0.2) is 0 Å². The first-order chi connectivity index (χ1) is 7.37. The van der Waals surface area contributed by atoms with Crippen molar-refractivity contribution in [3.63, 3.8) is 0 Å². The molecule has 0 atom stereocenters. The Labute approximate surface area is 105 Å². The van der Waals surface area contributed by atoms with Crippen LogP contribution in [-0.2, 0) is 10.0 Å². The first-order valence-corrected chi connectivity index (χ1v) is 7.09. The maximum Gasteiger partial charge on any atom is 0.208 e. The molecule has 0 aromatic heterocycles. The summed E-state index contributed by atoms with van der Waals surface area (Å²) in [4.78, 5) is 0. The van der Waals surface area contributed by atoms with E-state index in [1.165, 1.54) is 0 Å². The molecule has 0 bridgehead atoms. The Kier molecular flexibility index (Phi) is 4.80. The van der Waals surface area contributed by atoms with E-state index >= 15 is 0 Å². The van der Waals surface area contributed by atoms with Crippen LogP contribution in [-0.4, -0.2) is 21.2 Å². The van der Waals surface area contributed by atoms with Crippen LogP contribution >= 0.6 is 23.2 Å². The van der Waals surface area contributed by atoms with Crippen molar-refractivity contribution >= 4 is 39.3 Å². The first-order valence-electron chi connectivity index (χ1n) is 4.44. The molecule has 0 fully saturated rings. The molecule has 6 heteroatoms. The van der Waals surface area contributed by atoms with Gasteiger partial charge in [-0.2, -0.15) is 0 Å². The molecule has 1 rings (SSSR count). The Hall–Kier alpha value is -0.550. The van der Waals surface area contributed by atoms with E-state index in [0.29, 0.717) is 10.0 Å². The third-order valence-corrected chi connectivity index (χ3v) is 2.79. The van der Waals surface area contributed by atoms with Crippen LogP contribution in [0.3, 0.4) is 0 Å². The van der Waals surface area contributed by atoms with Gasteiger partial charge in [-0.1, -0.05) is 35.4 Å². The summed E-state index contributed by atoms with van der Waals surface area (Å²) in [5, 5.41) is 1.09. The standard InChI is InChI=1S/C10H11Cl2NO2S/c1-16(14,15)13-4-2-3-8-5-9(11)7-10(12)6-8/h2-3,5-7,13H,4H2,1H3/b3-2+. The summed E-state index contributed by atoms with van der Waals surface area (Å²) in [6.07, 6.45) is 4.54. The van der Waals surface area contributed by atoms with E-state index in [1.54, 1.807) is 30.4 Å². The summed E-state index contributed by atoms with van der Waals surface area (Å²) in [7, 11) is -3.15. The second-order valence-corrected chi connectivity index (χ2v) is 5.93. The second kappa shape index (κ2) is 5.68. The van der Waals surface area contributed by atoms with Gasteiger partial charge in [-0.3, -0.25) is 0 Å². The van der Waals surface area contributed by atoms with E-state index in [0.717, 1.165) is 11.8 Å². The minimum atomic E-state index is -3.15. The summed E-state index contributed by atoms with van der Waals surface area (Å²) in [5.74, 6) is 0. The highest BCUT2D eigenvalue weighted by molar-refractivity contribution is 7.88. The Morgan fingerprint density at radius 3 is 2.31 bits per heavy atom. The monoisotopic (exact) mass is 279 g/mol. The SMILES string of the molecule is CS(=O)(=O)NC/C=C/c1cc(Cl)cc(Cl)c1. The molecule has 0 aliphatic heterocycles. The molecule has 1 N–H and O–H groups in total. The molecule has 0 amide bonds. The van der Waals surface area contributed by atoms with Crippen molar-refractivity contribution in [2.24, 2.45) is 0 Å². The van der Waals surface area contributed by atoms with Crippen LogP contribution in [0.1, 0.15) is 5.56 Å². The average molecular weight is 280 g/mol. The molecule has 0 aliphatic rings. The van der Waals surface area contributed by atoms with Crippen LogP contribution in [0.5, 0.6) is 0 Å². The lowest BCUT2D eigenvalue weighted by Gasteiger charge is -1.98. The quantitative estimate of drug-likeness (QED) is 0.921. The number of sulfonamides is 1. The summed E-state index contributed by atoms with van der Waals surface area (Å²) >= 11 is 11.6. The summed E-state index contributed by atoms with van der Waals surface area (Å²) in [6, 6.07) is 5.12. The molecular formula is C10H11Cl2NO2S. The highest BCUT2D eigenvalue weighted by atomic mass is 35.5. The van der Waals surface area contributed by atoms with E-state index in [2.05, 4.69) is 4.72 Å². The van der Waals surface area contributed by atoms with Gasteiger partial charge in [-0.15, -0.1) is 0 Å². The van der Waals surface area contributed by atoms with Gasteiger partial charge in [0.05, 0.1) is 6.26 Å². The van der Waals surface area contributed by atoms with Crippen molar-refractivity contribution < 1.29 is 8.42 Å². The van der Waals surface area contributed by atoms with Crippen molar-refractivity contribution in [2.45, 2.75) is 0 Å². The maximum absolute atomic E-state index is 10.8. The highest BCUT2D eigenvalue weighted by Gasteiger charge is 1.97. The lowest BCUT2D eigenvalue weighted by molar-refractivity contribution is 0.592. The molecule has 1 aromatic carbocycles. The molecule has 0 spiro atoms. The zero-order valence-electron chi connectivity index (χ0n) is 8.57. The molecule has 0 saturated heterocycles. The Bertz CT molecular complexity index is 477. The molecule has 16 heavy (non-hydrogen) atoms. The van der Waals surface area contributed by atoms with E-state index in [1.807, 2.05) is 0 Å². The lowest BCUT2D eigenvalue weighted by Crippen LogP contribution is -2.21. The number of benzene rings is 1. The fourth-order valence-corrected chi connectivity index (χ4v) is 2.01. The van der Waals surface area contributed by atoms with E-state index in [9.17, 15) is 8.42 Å². The molecule has 1 aromatic rings. The summed E-state index contributed by atoms with van der Waals surface area (Å²) in [6.45, 7) is 0.239. The largest absolute Gasteiger partial charge is 0.213 e. The van der Waals surface area contributed by atoms with Gasteiger partial charge in [-0.05, 0) is 23.8 Å². The van der Waals surface area contributed by atoms with E-state index in [4.69, 9.17) is 23.2 Å². The number of halogens is 2. The first kappa shape index (κ1) is 13.5. The normalized spacial score (nSPS) is 12.2. The highest BCUT2D eigenvalue weighted by Crippen LogP contribution is 2.19.